The molecule has 1 heterocycles. The second kappa shape index (κ2) is 11.3. The number of ether oxygens (including phenoxy) is 1. The van der Waals surface area contributed by atoms with Crippen molar-refractivity contribution < 1.29 is 13.9 Å². The summed E-state index contributed by atoms with van der Waals surface area (Å²) >= 11 is 6.11. The third-order valence-corrected chi connectivity index (χ3v) is 6.94. The number of carbonyl (C=O) groups excluding carboxylic acids is 1. The van der Waals surface area contributed by atoms with Crippen LogP contribution in [-0.2, 0) is 21.5 Å². The fraction of sp³-hybridized carbons (Fsp3) is 0.500. The van der Waals surface area contributed by atoms with E-state index in [1.54, 1.807) is 12.1 Å². The van der Waals surface area contributed by atoms with Crippen LogP contribution in [0.2, 0.25) is 5.02 Å². The number of rotatable bonds is 9. The second-order valence-corrected chi connectivity index (χ2v) is 9.41. The lowest BCUT2D eigenvalue weighted by atomic mass is 9.68. The summed E-state index contributed by atoms with van der Waals surface area (Å²) in [4.78, 5) is 17.8. The molecular formula is C26H34ClFN2O2. The van der Waals surface area contributed by atoms with E-state index in [0.29, 0.717) is 6.42 Å². The largest absolute Gasteiger partial charge is 0.468 e. The van der Waals surface area contributed by atoms with Gasteiger partial charge in [-0.2, -0.15) is 0 Å². The van der Waals surface area contributed by atoms with Crippen LogP contribution in [0.15, 0.2) is 48.5 Å². The molecule has 4 nitrogen and oxygen atoms in total. The van der Waals surface area contributed by atoms with Gasteiger partial charge in [-0.15, -0.1) is 0 Å². The van der Waals surface area contributed by atoms with Gasteiger partial charge < -0.3 is 9.64 Å². The Hall–Kier alpha value is -1.95. The van der Waals surface area contributed by atoms with Crippen molar-refractivity contribution in [1.82, 2.24) is 9.80 Å². The van der Waals surface area contributed by atoms with Crippen LogP contribution in [0.1, 0.15) is 37.8 Å². The third kappa shape index (κ3) is 5.89. The molecule has 1 atom stereocenters. The van der Waals surface area contributed by atoms with E-state index in [1.165, 1.54) is 24.8 Å². The number of piperazine rings is 1. The molecule has 1 saturated heterocycles. The van der Waals surface area contributed by atoms with E-state index >= 15 is 0 Å². The fourth-order valence-corrected chi connectivity index (χ4v) is 5.01. The van der Waals surface area contributed by atoms with Crippen molar-refractivity contribution in [2.24, 2.45) is 5.92 Å². The molecule has 174 valence electrons. The van der Waals surface area contributed by atoms with Gasteiger partial charge in [0.05, 0.1) is 12.5 Å². The third-order valence-electron chi connectivity index (χ3n) is 6.70. The van der Waals surface area contributed by atoms with Crippen LogP contribution in [0.3, 0.4) is 0 Å². The Morgan fingerprint density at radius 1 is 1.09 bits per heavy atom. The van der Waals surface area contributed by atoms with E-state index in [1.807, 2.05) is 32.0 Å². The van der Waals surface area contributed by atoms with Crippen LogP contribution < -0.4 is 0 Å². The number of nitrogens with zero attached hydrogens (tertiary/aromatic N) is 2. The zero-order valence-electron chi connectivity index (χ0n) is 19.3. The van der Waals surface area contributed by atoms with Crippen molar-refractivity contribution in [3.63, 3.8) is 0 Å². The second-order valence-electron chi connectivity index (χ2n) is 8.98. The normalized spacial score (nSPS) is 17.3. The SMILES string of the molecule is COC(=O)C(CCCN1CCN(Cc2cccc(Cl)c2)CC1)(c1ccc(F)cc1)C(C)C. The summed E-state index contributed by atoms with van der Waals surface area (Å²) in [5, 5.41) is 0.779. The molecule has 3 rings (SSSR count). The molecule has 0 spiro atoms. The van der Waals surface area contributed by atoms with Crippen LogP contribution in [0.25, 0.3) is 0 Å². The number of hydrogen-bond acceptors (Lipinski definition) is 4. The lowest BCUT2D eigenvalue weighted by molar-refractivity contribution is -0.150. The number of benzene rings is 2. The summed E-state index contributed by atoms with van der Waals surface area (Å²) < 4.78 is 18.7. The summed E-state index contributed by atoms with van der Waals surface area (Å²) in [6.45, 7) is 9.95. The van der Waals surface area contributed by atoms with Crippen LogP contribution >= 0.6 is 11.6 Å². The van der Waals surface area contributed by atoms with Gasteiger partial charge in [0.15, 0.2) is 0 Å². The molecule has 2 aromatic rings. The highest BCUT2D eigenvalue weighted by Crippen LogP contribution is 2.38. The topological polar surface area (TPSA) is 32.8 Å². The first-order valence-corrected chi connectivity index (χ1v) is 11.8. The van der Waals surface area contributed by atoms with Crippen LogP contribution in [0.4, 0.5) is 4.39 Å². The number of hydrogen-bond donors (Lipinski definition) is 0. The maximum absolute atomic E-state index is 13.5. The van der Waals surface area contributed by atoms with E-state index in [0.717, 1.165) is 56.3 Å². The van der Waals surface area contributed by atoms with Gasteiger partial charge in [0.2, 0.25) is 0 Å². The monoisotopic (exact) mass is 460 g/mol. The van der Waals surface area contributed by atoms with Crippen molar-refractivity contribution in [3.8, 4) is 0 Å². The van der Waals surface area contributed by atoms with Gasteiger partial charge in [0.1, 0.15) is 5.82 Å². The summed E-state index contributed by atoms with van der Waals surface area (Å²) in [5.41, 5.74) is 1.30. The fourth-order valence-electron chi connectivity index (χ4n) is 4.80. The molecule has 0 saturated carbocycles. The minimum atomic E-state index is -0.767. The molecule has 6 heteroatoms. The van der Waals surface area contributed by atoms with E-state index in [9.17, 15) is 9.18 Å². The van der Waals surface area contributed by atoms with E-state index in [4.69, 9.17) is 16.3 Å². The average molecular weight is 461 g/mol. The maximum atomic E-state index is 13.5. The molecule has 1 aliphatic heterocycles. The predicted molar refractivity (Wildman–Crippen MR) is 127 cm³/mol. The first-order valence-electron chi connectivity index (χ1n) is 11.4. The highest BCUT2D eigenvalue weighted by molar-refractivity contribution is 6.30. The van der Waals surface area contributed by atoms with Crippen molar-refractivity contribution in [3.05, 3.63) is 70.5 Å². The highest BCUT2D eigenvalue weighted by atomic mass is 35.5. The molecule has 1 unspecified atom stereocenters. The van der Waals surface area contributed by atoms with Gasteiger partial charge in [-0.1, -0.05) is 49.7 Å². The lowest BCUT2D eigenvalue weighted by Crippen LogP contribution is -2.47. The average Bonchev–Trinajstić information content (AvgIpc) is 2.78. The quantitative estimate of drug-likeness (QED) is 0.485. The van der Waals surface area contributed by atoms with Crippen LogP contribution in [-0.4, -0.2) is 55.6 Å². The van der Waals surface area contributed by atoms with Gasteiger partial charge in [-0.05, 0) is 60.7 Å². The number of esters is 1. The van der Waals surface area contributed by atoms with Gasteiger partial charge in [0, 0.05) is 37.7 Å². The van der Waals surface area contributed by atoms with E-state index in [2.05, 4.69) is 15.9 Å². The molecule has 1 fully saturated rings. The summed E-state index contributed by atoms with van der Waals surface area (Å²) in [6.07, 6.45) is 1.55. The van der Waals surface area contributed by atoms with Crippen LogP contribution in [0, 0.1) is 11.7 Å². The smallest absolute Gasteiger partial charge is 0.316 e. The predicted octanol–water partition coefficient (Wildman–Crippen LogP) is 5.14. The Morgan fingerprint density at radius 2 is 1.75 bits per heavy atom. The molecule has 0 bridgehead atoms. The Balaban J connectivity index is 1.57. The first-order chi connectivity index (χ1) is 15.3. The van der Waals surface area contributed by atoms with Gasteiger partial charge >= 0.3 is 5.97 Å². The molecule has 0 amide bonds. The Labute approximate surface area is 196 Å². The minimum absolute atomic E-state index is 0.0370. The molecular weight excluding hydrogens is 427 g/mol. The van der Waals surface area contributed by atoms with Gasteiger partial charge in [0.25, 0.3) is 0 Å². The Morgan fingerprint density at radius 3 is 2.34 bits per heavy atom. The molecule has 0 aromatic heterocycles. The van der Waals surface area contributed by atoms with Gasteiger partial charge in [-0.25, -0.2) is 4.39 Å². The van der Waals surface area contributed by atoms with Crippen LogP contribution in [0.5, 0.6) is 0 Å². The minimum Gasteiger partial charge on any atom is -0.468 e. The Bertz CT molecular complexity index is 882. The molecule has 0 radical (unpaired) electrons. The van der Waals surface area contributed by atoms with Crippen molar-refractivity contribution >= 4 is 17.6 Å². The van der Waals surface area contributed by atoms with E-state index in [-0.39, 0.29) is 17.7 Å². The molecule has 1 aliphatic rings. The molecule has 32 heavy (non-hydrogen) atoms. The first kappa shape index (κ1) is 24.7. The van der Waals surface area contributed by atoms with Crippen molar-refractivity contribution in [1.29, 1.82) is 0 Å². The highest BCUT2D eigenvalue weighted by Gasteiger charge is 2.44. The summed E-state index contributed by atoms with van der Waals surface area (Å²) in [6, 6.07) is 14.3. The standard InChI is InChI=1S/C26H34ClFN2O2/c1-20(2)26(25(31)32-3,22-8-10-24(28)11-9-22)12-5-13-29-14-16-30(17-15-29)19-21-6-4-7-23(27)18-21/h4,6-11,18,20H,5,12-17,19H2,1-3H3. The number of carbonyl (C=O) groups is 1. The van der Waals surface area contributed by atoms with E-state index < -0.39 is 5.41 Å². The maximum Gasteiger partial charge on any atom is 0.316 e. The zero-order chi connectivity index (χ0) is 23.1. The lowest BCUT2D eigenvalue weighted by Gasteiger charge is -2.38. The molecule has 2 aromatic carbocycles. The zero-order valence-corrected chi connectivity index (χ0v) is 20.1. The molecule has 0 N–H and O–H groups in total. The van der Waals surface area contributed by atoms with Gasteiger partial charge in [-0.3, -0.25) is 9.69 Å². The summed E-state index contributed by atoms with van der Waals surface area (Å²) in [7, 11) is 1.43. The van der Waals surface area contributed by atoms with Crippen molar-refractivity contribution in [2.75, 3.05) is 39.8 Å². The van der Waals surface area contributed by atoms with Crippen molar-refractivity contribution in [2.45, 2.75) is 38.6 Å². The number of halogens is 2. The Kier molecular flexibility index (Phi) is 8.69. The molecule has 0 aliphatic carbocycles. The number of methoxy groups -OCH3 is 1. The summed E-state index contributed by atoms with van der Waals surface area (Å²) in [5.74, 6) is -0.507.